The van der Waals surface area contributed by atoms with Crippen LogP contribution in [0.15, 0.2) is 0 Å². The van der Waals surface area contributed by atoms with Gasteiger partial charge in [-0.3, -0.25) is 4.79 Å². The Hall–Kier alpha value is -1.34. The fraction of sp³-hybridized carbons (Fsp3) is 0.833. The number of hydrogen-bond acceptors (Lipinski definition) is 4. The number of aliphatic carboxylic acids is 1. The molecule has 0 heterocycles. The molecule has 1 atom stereocenters. The molecule has 112 valence electrons. The second-order valence-electron chi connectivity index (χ2n) is 4.37. The molecular weight excluding hydrogens is 252 g/mol. The Balaban J connectivity index is 3.59. The van der Waals surface area contributed by atoms with Crippen LogP contribution in [-0.2, 0) is 9.53 Å². The summed E-state index contributed by atoms with van der Waals surface area (Å²) in [5.74, 6) is -1.20. The first kappa shape index (κ1) is 17.7. The zero-order valence-electron chi connectivity index (χ0n) is 11.6. The summed E-state index contributed by atoms with van der Waals surface area (Å²) in [6, 6.07) is -0.212. The van der Waals surface area contributed by atoms with Crippen molar-refractivity contribution in [1.29, 1.82) is 0 Å². The number of ether oxygens (including phenoxy) is 1. The van der Waals surface area contributed by atoms with Crippen molar-refractivity contribution in [2.45, 2.75) is 19.8 Å². The number of amides is 2. The van der Waals surface area contributed by atoms with Gasteiger partial charge in [0, 0.05) is 20.1 Å². The third-order valence-electron chi connectivity index (χ3n) is 2.67. The summed E-state index contributed by atoms with van der Waals surface area (Å²) in [5, 5.41) is 19.9. The van der Waals surface area contributed by atoms with E-state index in [9.17, 15) is 9.59 Å². The Labute approximate surface area is 113 Å². The average Bonchev–Trinajstić information content (AvgIpc) is 2.38. The van der Waals surface area contributed by atoms with Crippen LogP contribution < -0.4 is 5.32 Å². The lowest BCUT2D eigenvalue weighted by Crippen LogP contribution is -2.39. The lowest BCUT2D eigenvalue weighted by Gasteiger charge is -2.18. The van der Waals surface area contributed by atoms with E-state index in [1.807, 2.05) is 0 Å². The normalized spacial score (nSPS) is 11.9. The predicted molar refractivity (Wildman–Crippen MR) is 70.0 cm³/mol. The van der Waals surface area contributed by atoms with Crippen LogP contribution in [0.3, 0.4) is 0 Å². The van der Waals surface area contributed by atoms with Crippen molar-refractivity contribution in [3.05, 3.63) is 0 Å². The molecule has 2 amide bonds. The van der Waals surface area contributed by atoms with Crippen LogP contribution in [0.2, 0.25) is 0 Å². The van der Waals surface area contributed by atoms with Crippen molar-refractivity contribution >= 4 is 12.0 Å². The summed E-state index contributed by atoms with van der Waals surface area (Å²) in [7, 11) is 1.65. The van der Waals surface area contributed by atoms with Gasteiger partial charge < -0.3 is 25.2 Å². The molecule has 0 saturated heterocycles. The summed E-state index contributed by atoms with van der Waals surface area (Å²) in [6.07, 6.45) is 1.17. The molecule has 3 N–H and O–H groups in total. The molecule has 0 fully saturated rings. The zero-order chi connectivity index (χ0) is 14.7. The monoisotopic (exact) mass is 276 g/mol. The number of nitrogens with one attached hydrogen (secondary N) is 1. The molecule has 0 bridgehead atoms. The number of urea groups is 1. The Morgan fingerprint density at radius 2 is 2.05 bits per heavy atom. The number of carboxylic acids is 1. The van der Waals surface area contributed by atoms with Crippen LogP contribution in [0.1, 0.15) is 19.8 Å². The molecular formula is C12H24N2O5. The van der Waals surface area contributed by atoms with E-state index >= 15 is 0 Å². The van der Waals surface area contributed by atoms with Gasteiger partial charge in [0.1, 0.15) is 0 Å². The number of rotatable bonds is 10. The van der Waals surface area contributed by atoms with Crippen molar-refractivity contribution in [2.75, 3.05) is 40.0 Å². The second-order valence-corrected chi connectivity index (χ2v) is 4.37. The van der Waals surface area contributed by atoms with Crippen molar-refractivity contribution in [1.82, 2.24) is 10.2 Å². The molecule has 0 aliphatic carbocycles. The van der Waals surface area contributed by atoms with Gasteiger partial charge in [0.2, 0.25) is 0 Å². The van der Waals surface area contributed by atoms with E-state index < -0.39 is 5.97 Å². The van der Waals surface area contributed by atoms with E-state index in [1.54, 1.807) is 14.0 Å². The average molecular weight is 276 g/mol. The van der Waals surface area contributed by atoms with Gasteiger partial charge in [-0.2, -0.15) is 0 Å². The summed E-state index contributed by atoms with van der Waals surface area (Å²) in [4.78, 5) is 23.6. The standard InChI is InChI=1S/C12H24N2O5/c1-10(11(16)17)4-3-5-13-12(18)14(2)6-8-19-9-7-15/h10,15H,3-9H2,1-2H3,(H,13,18)(H,16,17). The van der Waals surface area contributed by atoms with E-state index in [1.165, 1.54) is 4.90 Å². The molecule has 0 saturated carbocycles. The lowest BCUT2D eigenvalue weighted by atomic mass is 10.1. The molecule has 7 heteroatoms. The van der Waals surface area contributed by atoms with Crippen molar-refractivity contribution in [3.8, 4) is 0 Å². The Morgan fingerprint density at radius 3 is 2.63 bits per heavy atom. The molecule has 0 spiro atoms. The second kappa shape index (κ2) is 10.6. The molecule has 19 heavy (non-hydrogen) atoms. The molecule has 0 aromatic carbocycles. The SMILES string of the molecule is CC(CCCNC(=O)N(C)CCOCCO)C(=O)O. The first-order valence-electron chi connectivity index (χ1n) is 6.39. The number of carbonyl (C=O) groups excluding carboxylic acids is 1. The number of carboxylic acid groups (broad SMARTS) is 1. The van der Waals surface area contributed by atoms with Crippen LogP contribution in [-0.4, -0.2) is 67.1 Å². The maximum absolute atomic E-state index is 11.6. The van der Waals surface area contributed by atoms with Gasteiger partial charge in [-0.25, -0.2) is 4.79 Å². The van der Waals surface area contributed by atoms with E-state index in [-0.39, 0.29) is 25.2 Å². The third-order valence-corrected chi connectivity index (χ3v) is 2.67. The highest BCUT2D eigenvalue weighted by Gasteiger charge is 2.11. The topological polar surface area (TPSA) is 99.1 Å². The zero-order valence-corrected chi connectivity index (χ0v) is 11.6. The van der Waals surface area contributed by atoms with Gasteiger partial charge >= 0.3 is 12.0 Å². The summed E-state index contributed by atoms with van der Waals surface area (Å²) < 4.78 is 5.05. The van der Waals surface area contributed by atoms with Crippen molar-refractivity contribution in [3.63, 3.8) is 0 Å². The summed E-state index contributed by atoms with van der Waals surface area (Å²) in [6.45, 7) is 3.16. The minimum absolute atomic E-state index is 0.0301. The minimum Gasteiger partial charge on any atom is -0.481 e. The quantitative estimate of drug-likeness (QED) is 0.493. The number of nitrogens with zero attached hydrogens (tertiary/aromatic N) is 1. The summed E-state index contributed by atoms with van der Waals surface area (Å²) >= 11 is 0. The van der Waals surface area contributed by atoms with Gasteiger partial charge in [0.05, 0.1) is 25.7 Å². The van der Waals surface area contributed by atoms with E-state index in [4.69, 9.17) is 14.9 Å². The highest BCUT2D eigenvalue weighted by molar-refractivity contribution is 5.73. The molecule has 0 aromatic heterocycles. The highest BCUT2D eigenvalue weighted by Crippen LogP contribution is 2.04. The molecule has 0 rings (SSSR count). The maximum atomic E-state index is 11.6. The number of carbonyl (C=O) groups is 2. The lowest BCUT2D eigenvalue weighted by molar-refractivity contribution is -0.141. The first-order valence-corrected chi connectivity index (χ1v) is 6.39. The Bertz CT molecular complexity index is 273. The predicted octanol–water partition coefficient (Wildman–Crippen LogP) is 0.138. The number of aliphatic hydroxyl groups is 1. The first-order chi connectivity index (χ1) is 8.99. The van der Waals surface area contributed by atoms with Crippen LogP contribution in [0, 0.1) is 5.92 Å². The Kier molecular flexibility index (Phi) is 9.82. The summed E-state index contributed by atoms with van der Waals surface area (Å²) in [5.41, 5.74) is 0. The van der Waals surface area contributed by atoms with Crippen LogP contribution in [0.4, 0.5) is 4.79 Å². The van der Waals surface area contributed by atoms with Crippen molar-refractivity contribution < 1.29 is 24.5 Å². The fourth-order valence-electron chi connectivity index (χ4n) is 1.33. The molecule has 0 aromatic rings. The van der Waals surface area contributed by atoms with E-state index in [2.05, 4.69) is 5.32 Å². The van der Waals surface area contributed by atoms with Crippen LogP contribution in [0.5, 0.6) is 0 Å². The van der Waals surface area contributed by atoms with Gasteiger partial charge in [0.25, 0.3) is 0 Å². The fourth-order valence-corrected chi connectivity index (χ4v) is 1.33. The van der Waals surface area contributed by atoms with E-state index in [0.29, 0.717) is 32.5 Å². The molecule has 0 aliphatic rings. The van der Waals surface area contributed by atoms with Crippen LogP contribution in [0.25, 0.3) is 0 Å². The van der Waals surface area contributed by atoms with Crippen LogP contribution >= 0.6 is 0 Å². The molecule has 0 aliphatic heterocycles. The number of likely N-dealkylation sites (N-methyl/N-ethyl adjacent to an activating group) is 1. The smallest absolute Gasteiger partial charge is 0.317 e. The highest BCUT2D eigenvalue weighted by atomic mass is 16.5. The van der Waals surface area contributed by atoms with Gasteiger partial charge in [-0.15, -0.1) is 0 Å². The maximum Gasteiger partial charge on any atom is 0.317 e. The number of hydrogen-bond donors (Lipinski definition) is 3. The third kappa shape index (κ3) is 9.26. The minimum atomic E-state index is -0.815. The molecule has 1 unspecified atom stereocenters. The van der Waals surface area contributed by atoms with E-state index in [0.717, 1.165) is 0 Å². The van der Waals surface area contributed by atoms with Gasteiger partial charge in [-0.1, -0.05) is 6.92 Å². The number of aliphatic hydroxyl groups excluding tert-OH is 1. The van der Waals surface area contributed by atoms with Gasteiger partial charge in [0.15, 0.2) is 0 Å². The molecule has 0 radical (unpaired) electrons. The Morgan fingerprint density at radius 1 is 1.37 bits per heavy atom. The van der Waals surface area contributed by atoms with Gasteiger partial charge in [-0.05, 0) is 12.8 Å². The van der Waals surface area contributed by atoms with Crippen molar-refractivity contribution in [2.24, 2.45) is 5.92 Å². The molecule has 7 nitrogen and oxygen atoms in total. The largest absolute Gasteiger partial charge is 0.481 e.